The second-order valence-electron chi connectivity index (χ2n) is 4.59. The van der Waals surface area contributed by atoms with Gasteiger partial charge in [-0.3, -0.25) is 4.79 Å². The van der Waals surface area contributed by atoms with Gasteiger partial charge in [0.05, 0.1) is 13.2 Å². The van der Waals surface area contributed by atoms with E-state index in [0.29, 0.717) is 24.8 Å². The van der Waals surface area contributed by atoms with Crippen LogP contribution in [0.15, 0.2) is 18.2 Å². The molecule has 0 aliphatic heterocycles. The minimum absolute atomic E-state index is 0.0214. The quantitative estimate of drug-likeness (QED) is 0.860. The molecule has 0 aromatic heterocycles. The summed E-state index contributed by atoms with van der Waals surface area (Å²) < 4.78 is 18.3. The molecule has 1 amide bonds. The minimum Gasteiger partial charge on any atom is -0.494 e. The second kappa shape index (κ2) is 7.09. The molecule has 1 aromatic rings. The highest BCUT2D eigenvalue weighted by molar-refractivity contribution is 5.75. The Morgan fingerprint density at radius 3 is 2.68 bits per heavy atom. The van der Waals surface area contributed by atoms with Crippen molar-refractivity contribution < 1.29 is 19.0 Å². The molecule has 1 N–H and O–H groups in total. The van der Waals surface area contributed by atoms with Crippen LogP contribution in [0.1, 0.15) is 30.9 Å². The number of aliphatic hydroxyl groups excluding tert-OH is 1. The van der Waals surface area contributed by atoms with E-state index in [9.17, 15) is 14.3 Å². The molecule has 5 heteroatoms. The number of benzene rings is 1. The average molecular weight is 269 g/mol. The predicted molar refractivity (Wildman–Crippen MR) is 70.5 cm³/mol. The maximum atomic E-state index is 13.5. The van der Waals surface area contributed by atoms with E-state index in [-0.39, 0.29) is 11.7 Å². The molecule has 1 atom stereocenters. The van der Waals surface area contributed by atoms with Gasteiger partial charge in [0.2, 0.25) is 5.91 Å². The van der Waals surface area contributed by atoms with Gasteiger partial charge in [0.25, 0.3) is 0 Å². The van der Waals surface area contributed by atoms with Crippen LogP contribution in [0.4, 0.5) is 4.39 Å². The Kier molecular flexibility index (Phi) is 5.76. The van der Waals surface area contributed by atoms with Gasteiger partial charge in [0.1, 0.15) is 0 Å². The zero-order valence-corrected chi connectivity index (χ0v) is 11.5. The van der Waals surface area contributed by atoms with Crippen LogP contribution in [0.25, 0.3) is 0 Å². The highest BCUT2D eigenvalue weighted by atomic mass is 19.1. The molecule has 0 saturated carbocycles. The fraction of sp³-hybridized carbons (Fsp3) is 0.500. The Labute approximate surface area is 112 Å². The number of hydrogen-bond acceptors (Lipinski definition) is 3. The summed E-state index contributed by atoms with van der Waals surface area (Å²) in [4.78, 5) is 12.9. The minimum atomic E-state index is -0.768. The summed E-state index contributed by atoms with van der Waals surface area (Å²) in [5, 5.41) is 9.93. The maximum Gasteiger partial charge on any atom is 0.222 e. The van der Waals surface area contributed by atoms with E-state index in [0.717, 1.165) is 0 Å². The third kappa shape index (κ3) is 4.52. The van der Waals surface area contributed by atoms with E-state index in [1.54, 1.807) is 20.2 Å². The van der Waals surface area contributed by atoms with Crippen molar-refractivity contribution in [2.24, 2.45) is 0 Å². The standard InChI is InChI=1S/C14H20FNO3/c1-16(2)14(18)6-4-5-12(17)10-7-8-13(19-3)11(15)9-10/h7-9,12,17H,4-6H2,1-3H3. The van der Waals surface area contributed by atoms with Crippen molar-refractivity contribution in [3.63, 3.8) is 0 Å². The summed E-state index contributed by atoms with van der Waals surface area (Å²) in [5.74, 6) is -0.324. The van der Waals surface area contributed by atoms with E-state index in [1.807, 2.05) is 0 Å². The number of carbonyl (C=O) groups excluding carboxylic acids is 1. The zero-order valence-electron chi connectivity index (χ0n) is 11.5. The number of methoxy groups -OCH3 is 1. The lowest BCUT2D eigenvalue weighted by molar-refractivity contribution is -0.128. The van der Waals surface area contributed by atoms with Gasteiger partial charge in [-0.1, -0.05) is 6.07 Å². The number of nitrogens with zero attached hydrogens (tertiary/aromatic N) is 1. The molecule has 19 heavy (non-hydrogen) atoms. The number of hydrogen-bond donors (Lipinski definition) is 1. The summed E-state index contributed by atoms with van der Waals surface area (Å²) >= 11 is 0. The molecule has 1 unspecified atom stereocenters. The van der Waals surface area contributed by atoms with Crippen molar-refractivity contribution in [1.29, 1.82) is 0 Å². The van der Waals surface area contributed by atoms with Crippen LogP contribution in [0.5, 0.6) is 5.75 Å². The Hall–Kier alpha value is -1.62. The Balaban J connectivity index is 2.52. The van der Waals surface area contributed by atoms with E-state index < -0.39 is 11.9 Å². The largest absolute Gasteiger partial charge is 0.494 e. The lowest BCUT2D eigenvalue weighted by atomic mass is 10.0. The third-order valence-electron chi connectivity index (χ3n) is 2.93. The summed E-state index contributed by atoms with van der Waals surface area (Å²) in [6, 6.07) is 4.37. The fourth-order valence-corrected chi connectivity index (χ4v) is 1.73. The van der Waals surface area contributed by atoms with E-state index in [2.05, 4.69) is 0 Å². The molecule has 0 aliphatic carbocycles. The van der Waals surface area contributed by atoms with Crippen LogP contribution < -0.4 is 4.74 Å². The Morgan fingerprint density at radius 2 is 2.16 bits per heavy atom. The van der Waals surface area contributed by atoms with Gasteiger partial charge in [-0.25, -0.2) is 4.39 Å². The van der Waals surface area contributed by atoms with Gasteiger partial charge in [-0.05, 0) is 30.5 Å². The average Bonchev–Trinajstić information content (AvgIpc) is 2.38. The first-order valence-electron chi connectivity index (χ1n) is 6.17. The molecular weight excluding hydrogens is 249 g/mol. The summed E-state index contributed by atoms with van der Waals surface area (Å²) in [6.07, 6.45) is 0.593. The van der Waals surface area contributed by atoms with Gasteiger partial charge in [-0.15, -0.1) is 0 Å². The van der Waals surface area contributed by atoms with Crippen LogP contribution in [0.2, 0.25) is 0 Å². The molecule has 0 heterocycles. The SMILES string of the molecule is COc1ccc(C(O)CCCC(=O)N(C)C)cc1F. The topological polar surface area (TPSA) is 49.8 Å². The van der Waals surface area contributed by atoms with Crippen LogP contribution in [-0.4, -0.2) is 37.1 Å². The Morgan fingerprint density at radius 1 is 1.47 bits per heavy atom. The number of ether oxygens (including phenoxy) is 1. The molecule has 4 nitrogen and oxygen atoms in total. The van der Waals surface area contributed by atoms with E-state index in [4.69, 9.17) is 4.74 Å². The van der Waals surface area contributed by atoms with E-state index >= 15 is 0 Å². The van der Waals surface area contributed by atoms with Crippen molar-refractivity contribution in [1.82, 2.24) is 4.90 Å². The first-order valence-corrected chi connectivity index (χ1v) is 6.17. The molecule has 0 bridgehead atoms. The van der Waals surface area contributed by atoms with Gasteiger partial charge in [0, 0.05) is 20.5 Å². The normalized spacial score (nSPS) is 12.1. The summed E-state index contributed by atoms with van der Waals surface area (Å²) in [5.41, 5.74) is 0.496. The van der Waals surface area contributed by atoms with E-state index in [1.165, 1.54) is 24.1 Å². The van der Waals surface area contributed by atoms with Gasteiger partial charge >= 0.3 is 0 Å². The summed E-state index contributed by atoms with van der Waals surface area (Å²) in [6.45, 7) is 0. The zero-order chi connectivity index (χ0) is 14.4. The van der Waals surface area contributed by atoms with Crippen molar-refractivity contribution in [2.45, 2.75) is 25.4 Å². The smallest absolute Gasteiger partial charge is 0.222 e. The predicted octanol–water partition coefficient (Wildman–Crippen LogP) is 2.13. The first-order chi connectivity index (χ1) is 8.95. The van der Waals surface area contributed by atoms with Crippen molar-refractivity contribution in [3.05, 3.63) is 29.6 Å². The molecule has 1 aromatic carbocycles. The highest BCUT2D eigenvalue weighted by Crippen LogP contribution is 2.24. The van der Waals surface area contributed by atoms with Crippen molar-refractivity contribution in [2.75, 3.05) is 21.2 Å². The maximum absolute atomic E-state index is 13.5. The number of halogens is 1. The lowest BCUT2D eigenvalue weighted by Gasteiger charge is -2.13. The fourth-order valence-electron chi connectivity index (χ4n) is 1.73. The van der Waals surface area contributed by atoms with Crippen molar-refractivity contribution >= 4 is 5.91 Å². The molecule has 0 aliphatic rings. The number of aliphatic hydroxyl groups is 1. The van der Waals surface area contributed by atoms with Crippen LogP contribution in [0, 0.1) is 5.82 Å². The Bertz CT molecular complexity index is 435. The lowest BCUT2D eigenvalue weighted by Crippen LogP contribution is -2.21. The highest BCUT2D eigenvalue weighted by Gasteiger charge is 2.12. The van der Waals surface area contributed by atoms with Crippen LogP contribution in [0.3, 0.4) is 0 Å². The van der Waals surface area contributed by atoms with Crippen molar-refractivity contribution in [3.8, 4) is 5.75 Å². The molecule has 0 spiro atoms. The van der Waals surface area contributed by atoms with Crippen LogP contribution >= 0.6 is 0 Å². The molecule has 0 fully saturated rings. The second-order valence-corrected chi connectivity index (χ2v) is 4.59. The van der Waals surface area contributed by atoms with Crippen LogP contribution in [-0.2, 0) is 4.79 Å². The van der Waals surface area contributed by atoms with Gasteiger partial charge in [0.15, 0.2) is 11.6 Å². The van der Waals surface area contributed by atoms with Gasteiger partial charge < -0.3 is 14.7 Å². The number of amides is 1. The molecule has 106 valence electrons. The molecular formula is C14H20FNO3. The molecule has 1 rings (SSSR count). The number of carbonyl (C=O) groups is 1. The number of rotatable bonds is 6. The van der Waals surface area contributed by atoms with Gasteiger partial charge in [-0.2, -0.15) is 0 Å². The molecule has 0 radical (unpaired) electrons. The first kappa shape index (κ1) is 15.4. The molecule has 0 saturated heterocycles. The third-order valence-corrected chi connectivity index (χ3v) is 2.93. The monoisotopic (exact) mass is 269 g/mol. The summed E-state index contributed by atoms with van der Waals surface area (Å²) in [7, 11) is 4.77.